The number of nitrogens with zero attached hydrogens (tertiary/aromatic N) is 1. The third-order valence-corrected chi connectivity index (χ3v) is 1.83. The van der Waals surface area contributed by atoms with Crippen LogP contribution in [0, 0.1) is 5.92 Å². The van der Waals surface area contributed by atoms with Crippen LogP contribution in [0.15, 0.2) is 0 Å². The Morgan fingerprint density at radius 1 is 1.56 bits per heavy atom. The highest BCUT2D eigenvalue weighted by molar-refractivity contribution is 4.76. The highest BCUT2D eigenvalue weighted by atomic mass is 15.4. The molecule has 0 saturated heterocycles. The molecule has 1 aliphatic rings. The predicted molar refractivity (Wildman–Crippen MR) is 38.8 cm³/mol. The van der Waals surface area contributed by atoms with E-state index in [1.54, 1.807) is 0 Å². The molecule has 0 aromatic rings. The Morgan fingerprint density at radius 3 is 2.44 bits per heavy atom. The second kappa shape index (κ2) is 2.67. The first kappa shape index (κ1) is 7.03. The van der Waals surface area contributed by atoms with Gasteiger partial charge in [0.25, 0.3) is 0 Å². The largest absolute Gasteiger partial charge is 0.269 e. The average molecular weight is 128 g/mol. The minimum absolute atomic E-state index is 0.505. The van der Waals surface area contributed by atoms with E-state index in [1.807, 2.05) is 5.01 Å². The zero-order valence-corrected chi connectivity index (χ0v) is 6.30. The fourth-order valence-electron chi connectivity index (χ4n) is 0.809. The smallest absolute Gasteiger partial charge is 0.0184 e. The van der Waals surface area contributed by atoms with Crippen molar-refractivity contribution >= 4 is 0 Å². The molecule has 0 spiro atoms. The number of nitrogens with two attached hydrogens (primary N) is 1. The highest BCUT2D eigenvalue weighted by Gasteiger charge is 2.23. The molecule has 1 rings (SSSR count). The summed E-state index contributed by atoms with van der Waals surface area (Å²) < 4.78 is 0. The van der Waals surface area contributed by atoms with Crippen LogP contribution in [-0.2, 0) is 0 Å². The Morgan fingerprint density at radius 2 is 2.11 bits per heavy atom. The van der Waals surface area contributed by atoms with Crippen molar-refractivity contribution in [1.29, 1.82) is 0 Å². The van der Waals surface area contributed by atoms with Gasteiger partial charge >= 0.3 is 0 Å². The topological polar surface area (TPSA) is 29.3 Å². The van der Waals surface area contributed by atoms with E-state index in [9.17, 15) is 0 Å². The van der Waals surface area contributed by atoms with Crippen LogP contribution in [0.2, 0.25) is 0 Å². The lowest BCUT2D eigenvalue weighted by Gasteiger charge is -2.19. The summed E-state index contributed by atoms with van der Waals surface area (Å²) in [6.07, 6.45) is 2.78. The molecule has 2 N–H and O–H groups in total. The van der Waals surface area contributed by atoms with Gasteiger partial charge in [0.1, 0.15) is 0 Å². The Kier molecular flexibility index (Phi) is 2.09. The molecule has 1 fully saturated rings. The van der Waals surface area contributed by atoms with Gasteiger partial charge in [-0.05, 0) is 32.6 Å². The van der Waals surface area contributed by atoms with Crippen molar-refractivity contribution in [1.82, 2.24) is 5.01 Å². The highest BCUT2D eigenvalue weighted by Crippen LogP contribution is 2.29. The van der Waals surface area contributed by atoms with Crippen LogP contribution in [0.25, 0.3) is 0 Å². The molecular formula is C7H16N2. The monoisotopic (exact) mass is 128 g/mol. The van der Waals surface area contributed by atoms with Crippen LogP contribution >= 0.6 is 0 Å². The summed E-state index contributed by atoms with van der Waals surface area (Å²) >= 11 is 0. The van der Waals surface area contributed by atoms with Crippen molar-refractivity contribution in [2.75, 3.05) is 6.54 Å². The van der Waals surface area contributed by atoms with Gasteiger partial charge in [0.2, 0.25) is 0 Å². The molecule has 9 heavy (non-hydrogen) atoms. The lowest BCUT2D eigenvalue weighted by atomic mass is 10.3. The van der Waals surface area contributed by atoms with Crippen LogP contribution in [0.1, 0.15) is 26.7 Å². The van der Waals surface area contributed by atoms with E-state index in [2.05, 4.69) is 13.8 Å². The van der Waals surface area contributed by atoms with Gasteiger partial charge in [-0.2, -0.15) is 0 Å². The van der Waals surface area contributed by atoms with Crippen LogP contribution in [0.5, 0.6) is 0 Å². The standard InChI is InChI=1S/C7H16N2/c1-6(2)9(8)5-7-3-4-7/h6-7H,3-5,8H2,1-2H3. The Balaban J connectivity index is 2.09. The van der Waals surface area contributed by atoms with Crippen molar-refractivity contribution < 1.29 is 0 Å². The molecule has 0 bridgehead atoms. The molecule has 2 heteroatoms. The van der Waals surface area contributed by atoms with E-state index in [1.165, 1.54) is 12.8 Å². The van der Waals surface area contributed by atoms with Crippen molar-refractivity contribution in [3.63, 3.8) is 0 Å². The minimum Gasteiger partial charge on any atom is -0.269 e. The maximum Gasteiger partial charge on any atom is 0.0184 e. The second-order valence-corrected chi connectivity index (χ2v) is 3.23. The van der Waals surface area contributed by atoms with Crippen LogP contribution in [0.3, 0.4) is 0 Å². The van der Waals surface area contributed by atoms with E-state index < -0.39 is 0 Å². The molecule has 0 heterocycles. The first-order chi connectivity index (χ1) is 4.20. The molecule has 1 aliphatic carbocycles. The summed E-state index contributed by atoms with van der Waals surface area (Å²) in [6, 6.07) is 0.505. The van der Waals surface area contributed by atoms with Crippen molar-refractivity contribution in [3.8, 4) is 0 Å². The van der Waals surface area contributed by atoms with Crippen LogP contribution < -0.4 is 5.84 Å². The molecular weight excluding hydrogens is 112 g/mol. The number of hydrogen-bond acceptors (Lipinski definition) is 2. The first-order valence-corrected chi connectivity index (χ1v) is 3.71. The lowest BCUT2D eigenvalue weighted by Crippen LogP contribution is -2.38. The number of hydrazine groups is 1. The molecule has 0 amide bonds. The third kappa shape index (κ3) is 2.33. The zero-order valence-electron chi connectivity index (χ0n) is 6.30. The summed E-state index contributed by atoms with van der Waals surface area (Å²) in [7, 11) is 0. The molecule has 2 nitrogen and oxygen atoms in total. The molecule has 0 unspecified atom stereocenters. The molecule has 0 aromatic heterocycles. The maximum absolute atomic E-state index is 5.69. The van der Waals surface area contributed by atoms with Gasteiger partial charge in [-0.3, -0.25) is 5.84 Å². The molecule has 0 radical (unpaired) electrons. The molecule has 0 aromatic carbocycles. The molecule has 54 valence electrons. The SMILES string of the molecule is CC(C)N(N)CC1CC1. The average Bonchev–Trinajstić information content (AvgIpc) is 2.50. The van der Waals surface area contributed by atoms with E-state index in [0.717, 1.165) is 12.5 Å². The van der Waals surface area contributed by atoms with E-state index in [0.29, 0.717) is 6.04 Å². The van der Waals surface area contributed by atoms with Gasteiger partial charge in [-0.1, -0.05) is 0 Å². The molecule has 0 atom stereocenters. The Labute approximate surface area is 57.0 Å². The normalized spacial score (nSPS) is 19.7. The van der Waals surface area contributed by atoms with Gasteiger partial charge in [-0.15, -0.1) is 0 Å². The van der Waals surface area contributed by atoms with Crippen molar-refractivity contribution in [3.05, 3.63) is 0 Å². The van der Waals surface area contributed by atoms with Gasteiger partial charge in [0, 0.05) is 12.6 Å². The van der Waals surface area contributed by atoms with Gasteiger partial charge in [0.15, 0.2) is 0 Å². The van der Waals surface area contributed by atoms with Crippen LogP contribution in [0.4, 0.5) is 0 Å². The molecule has 1 saturated carbocycles. The quantitative estimate of drug-likeness (QED) is 0.453. The minimum atomic E-state index is 0.505. The first-order valence-electron chi connectivity index (χ1n) is 3.71. The van der Waals surface area contributed by atoms with Crippen LogP contribution in [-0.4, -0.2) is 17.6 Å². The maximum atomic E-state index is 5.69. The van der Waals surface area contributed by atoms with Crippen molar-refractivity contribution in [2.24, 2.45) is 11.8 Å². The predicted octanol–water partition coefficient (Wildman–Crippen LogP) is 0.980. The summed E-state index contributed by atoms with van der Waals surface area (Å²) in [5.74, 6) is 6.60. The van der Waals surface area contributed by atoms with Gasteiger partial charge < -0.3 is 0 Å². The molecule has 0 aliphatic heterocycles. The number of rotatable bonds is 3. The third-order valence-electron chi connectivity index (χ3n) is 1.83. The Hall–Kier alpha value is -0.0800. The zero-order chi connectivity index (χ0) is 6.85. The second-order valence-electron chi connectivity index (χ2n) is 3.23. The lowest BCUT2D eigenvalue weighted by molar-refractivity contribution is 0.218. The summed E-state index contributed by atoms with van der Waals surface area (Å²) in [5, 5.41) is 1.93. The fourth-order valence-corrected chi connectivity index (χ4v) is 0.809. The van der Waals surface area contributed by atoms with Crippen molar-refractivity contribution in [2.45, 2.75) is 32.7 Å². The van der Waals surface area contributed by atoms with Gasteiger partial charge in [0.05, 0.1) is 0 Å². The fraction of sp³-hybridized carbons (Fsp3) is 1.00. The summed E-state index contributed by atoms with van der Waals surface area (Å²) in [4.78, 5) is 0. The van der Waals surface area contributed by atoms with E-state index in [4.69, 9.17) is 5.84 Å². The Bertz CT molecular complexity index is 86.9. The van der Waals surface area contributed by atoms with E-state index >= 15 is 0 Å². The van der Waals surface area contributed by atoms with Gasteiger partial charge in [-0.25, -0.2) is 5.01 Å². The summed E-state index contributed by atoms with van der Waals surface area (Å²) in [5.41, 5.74) is 0. The van der Waals surface area contributed by atoms with E-state index in [-0.39, 0.29) is 0 Å². The number of hydrogen-bond donors (Lipinski definition) is 1. The summed E-state index contributed by atoms with van der Waals surface area (Å²) in [6.45, 7) is 5.35.